The van der Waals surface area contributed by atoms with Gasteiger partial charge in [0, 0.05) is 64.4 Å². The smallest absolute Gasteiger partial charge is 0.159 e. The second kappa shape index (κ2) is 41.4. The molecule has 702 valence electrons. The van der Waals surface area contributed by atoms with Crippen molar-refractivity contribution in [1.29, 1.82) is 0 Å². The Bertz CT molecular complexity index is 8340. The summed E-state index contributed by atoms with van der Waals surface area (Å²) in [5.74, 6) is 0.605. The molecule has 0 radical (unpaired) electrons. The minimum atomic E-state index is 0.605. The van der Waals surface area contributed by atoms with E-state index in [0.29, 0.717) is 5.82 Å². The number of pyridine rings is 4. The molecule has 150 heavy (non-hydrogen) atoms. The van der Waals surface area contributed by atoms with E-state index in [2.05, 4.69) is 522 Å². The molecule has 20 aromatic carbocycles. The molecule has 0 aliphatic carbocycles. The van der Waals surface area contributed by atoms with Crippen LogP contribution in [-0.4, -0.2) is 29.9 Å². The van der Waals surface area contributed by atoms with Crippen molar-refractivity contribution in [3.63, 3.8) is 0 Å². The third kappa shape index (κ3) is 18.5. The lowest BCUT2D eigenvalue weighted by molar-refractivity contribution is 1.18. The highest BCUT2D eigenvalue weighted by molar-refractivity contribution is 6.05. The van der Waals surface area contributed by atoms with Gasteiger partial charge in [0.15, 0.2) is 5.82 Å². The topological polar surface area (TPSA) is 77.3 Å². The molecule has 0 aliphatic heterocycles. The first-order valence-corrected chi connectivity index (χ1v) is 51.0. The van der Waals surface area contributed by atoms with E-state index < -0.39 is 0 Å². The molecule has 6 heteroatoms. The van der Waals surface area contributed by atoms with Crippen LogP contribution in [0.3, 0.4) is 0 Å². The number of nitrogens with zero attached hydrogens (tertiary/aromatic N) is 6. The van der Waals surface area contributed by atoms with Gasteiger partial charge in [-0.25, -0.2) is 9.97 Å². The highest BCUT2D eigenvalue weighted by atomic mass is 14.9. The third-order valence-electron chi connectivity index (χ3n) is 28.7. The van der Waals surface area contributed by atoms with Gasteiger partial charge in [-0.1, -0.05) is 425 Å². The number of rotatable bonds is 24. The van der Waals surface area contributed by atoms with Crippen LogP contribution in [0.15, 0.2) is 583 Å². The molecule has 0 saturated carbocycles. The molecule has 0 fully saturated rings. The van der Waals surface area contributed by atoms with Crippen molar-refractivity contribution in [2.45, 2.75) is 0 Å². The molecule has 6 nitrogen and oxygen atoms in total. The van der Waals surface area contributed by atoms with E-state index in [-0.39, 0.29) is 0 Å². The number of aromatic nitrogens is 6. The Morgan fingerprint density at radius 3 is 0.467 bits per heavy atom. The lowest BCUT2D eigenvalue weighted by atomic mass is 9.83. The normalized spacial score (nSPS) is 11.2. The van der Waals surface area contributed by atoms with Crippen LogP contribution in [0.5, 0.6) is 0 Å². The Morgan fingerprint density at radius 2 is 0.260 bits per heavy atom. The number of benzene rings is 20. The van der Waals surface area contributed by atoms with Crippen molar-refractivity contribution in [3.05, 3.63) is 583 Å². The van der Waals surface area contributed by atoms with Gasteiger partial charge in [0.05, 0.1) is 28.5 Å². The number of hydrogen-bond donors (Lipinski definition) is 0. The van der Waals surface area contributed by atoms with E-state index in [0.717, 1.165) is 262 Å². The fraction of sp³-hybridized carbons (Fsp3) is 0. The SMILES string of the molecule is c1ccc(-c2cc(-c3ccccn3)ccc2-c2ccccc2-c2cc(-c3ccccc3-c3ccc(-c4ccccn4)cc3-c3ccccc3)cc(-c3ccccc3-c3ccc(-c4ccnc(-c5ccc(-c6ccccc6-c6cc(-c7ccccc7-c7ccc(-c8ccccn8)cc7-c7ccccc7)cc(-c7ccccc7-c7ccc(-c8ccccn8)cc7-c7ccccc7)c6)c(-c6ccccc6)c5)n4)cc3-c3ccccc3)c2)cc1. The van der Waals surface area contributed by atoms with Gasteiger partial charge in [0.2, 0.25) is 0 Å². The van der Waals surface area contributed by atoms with Gasteiger partial charge in [0.1, 0.15) is 0 Å². The zero-order valence-corrected chi connectivity index (χ0v) is 82.1. The van der Waals surface area contributed by atoms with E-state index in [1.807, 2.05) is 61.3 Å². The fourth-order valence-corrected chi connectivity index (χ4v) is 21.5. The summed E-state index contributed by atoms with van der Waals surface area (Å²) >= 11 is 0. The van der Waals surface area contributed by atoms with Crippen molar-refractivity contribution in [2.24, 2.45) is 0 Å². The molecular formula is C144H96N6. The Kier molecular flexibility index (Phi) is 25.2. The Morgan fingerprint density at radius 1 is 0.0867 bits per heavy atom. The van der Waals surface area contributed by atoms with Crippen LogP contribution in [0, 0.1) is 0 Å². The Labute approximate surface area is 874 Å². The quantitative estimate of drug-likeness (QED) is 0.0600. The molecule has 25 aromatic rings. The molecular weight excluding hydrogens is 1810 g/mol. The summed E-state index contributed by atoms with van der Waals surface area (Å²) in [5, 5.41) is 0. The predicted octanol–water partition coefficient (Wildman–Crippen LogP) is 38.1. The second-order valence-electron chi connectivity index (χ2n) is 37.8. The van der Waals surface area contributed by atoms with E-state index in [4.69, 9.17) is 29.9 Å². The minimum Gasteiger partial charge on any atom is -0.256 e. The van der Waals surface area contributed by atoms with Crippen molar-refractivity contribution in [2.75, 3.05) is 0 Å². The summed E-state index contributed by atoms with van der Waals surface area (Å²) in [6.07, 6.45) is 9.38. The van der Waals surface area contributed by atoms with Gasteiger partial charge in [0.25, 0.3) is 0 Å². The molecule has 0 amide bonds. The second-order valence-corrected chi connectivity index (χ2v) is 37.8. The third-order valence-corrected chi connectivity index (χ3v) is 28.7. The zero-order chi connectivity index (χ0) is 99.8. The maximum absolute atomic E-state index is 5.63. The van der Waals surface area contributed by atoms with Gasteiger partial charge in [-0.15, -0.1) is 0 Å². The van der Waals surface area contributed by atoms with E-state index >= 15 is 0 Å². The van der Waals surface area contributed by atoms with Crippen LogP contribution in [0.4, 0.5) is 0 Å². The molecule has 25 rings (SSSR count). The predicted molar refractivity (Wildman–Crippen MR) is 624 cm³/mol. The summed E-state index contributed by atoms with van der Waals surface area (Å²) in [5.41, 5.74) is 49.8. The molecule has 5 aromatic heterocycles. The van der Waals surface area contributed by atoms with E-state index in [9.17, 15) is 0 Å². The van der Waals surface area contributed by atoms with Gasteiger partial charge in [-0.3, -0.25) is 19.9 Å². The van der Waals surface area contributed by atoms with Gasteiger partial charge in [-0.05, 0) is 328 Å². The maximum Gasteiger partial charge on any atom is 0.159 e. The zero-order valence-electron chi connectivity index (χ0n) is 82.1. The Balaban J connectivity index is 0.620. The molecule has 0 spiro atoms. The largest absolute Gasteiger partial charge is 0.256 e. The van der Waals surface area contributed by atoms with Crippen molar-refractivity contribution in [1.82, 2.24) is 29.9 Å². The van der Waals surface area contributed by atoms with Crippen molar-refractivity contribution in [3.8, 4) is 268 Å². The average molecular weight is 1910 g/mol. The number of hydrogen-bond acceptors (Lipinski definition) is 6. The highest BCUT2D eigenvalue weighted by Crippen LogP contribution is 2.52. The van der Waals surface area contributed by atoms with Gasteiger partial charge in [-0.2, -0.15) is 0 Å². The Hall–Kier alpha value is -19.9. The fourth-order valence-electron chi connectivity index (χ4n) is 21.5. The average Bonchev–Trinajstić information content (AvgIpc) is 0.755. The summed E-state index contributed by atoms with van der Waals surface area (Å²) in [4.78, 5) is 30.2. The summed E-state index contributed by atoms with van der Waals surface area (Å²) in [6.45, 7) is 0. The van der Waals surface area contributed by atoms with Crippen LogP contribution in [0.1, 0.15) is 0 Å². The van der Waals surface area contributed by atoms with Crippen molar-refractivity contribution >= 4 is 0 Å². The monoisotopic (exact) mass is 1910 g/mol. The van der Waals surface area contributed by atoms with Crippen LogP contribution < -0.4 is 0 Å². The van der Waals surface area contributed by atoms with E-state index in [1.165, 1.54) is 0 Å². The molecule has 0 unspecified atom stereocenters. The van der Waals surface area contributed by atoms with Crippen LogP contribution in [0.25, 0.3) is 268 Å². The first-order valence-electron chi connectivity index (χ1n) is 51.0. The molecule has 0 saturated heterocycles. The van der Waals surface area contributed by atoms with Crippen LogP contribution in [0.2, 0.25) is 0 Å². The van der Waals surface area contributed by atoms with Gasteiger partial charge >= 0.3 is 0 Å². The molecule has 0 bridgehead atoms. The maximum atomic E-state index is 5.63. The molecule has 0 atom stereocenters. The summed E-state index contributed by atoms with van der Waals surface area (Å²) < 4.78 is 0. The van der Waals surface area contributed by atoms with Crippen LogP contribution >= 0.6 is 0 Å². The summed E-state index contributed by atoms with van der Waals surface area (Å²) in [7, 11) is 0. The van der Waals surface area contributed by atoms with Crippen LogP contribution in [-0.2, 0) is 0 Å². The minimum absolute atomic E-state index is 0.605. The van der Waals surface area contributed by atoms with Crippen molar-refractivity contribution < 1.29 is 0 Å². The summed E-state index contributed by atoms with van der Waals surface area (Å²) in [6, 6.07) is 200. The standard InChI is InChI=1S/C144H96N6/c1-7-39-97(40-8-1)133-91-103(139-63-31-35-80-145-139)67-73-127(133)121-57-25-19-51-115(121)109-85-110(116-52-20-26-58-122(116)128-74-68-104(140-64-32-36-81-146-140)92-134(128)98-41-9-2-10-42-98)88-113(87-109)119-55-23-29-61-125(119)131-77-71-107(95-137(131)101-47-15-5-16-48-101)143-79-84-149-144(150-143)108-72-78-132(138(96-108)102-49-17-6-18-50-102)126-62-30-24-56-120(126)114-89-111(117-53-21-27-59-123(117)129-75-69-105(141-65-33-37-82-147-141)93-135(129)99-43-11-3-12-44-99)86-112(90-114)118-54-22-28-60-124(118)130-76-70-106(142-66-34-38-83-148-142)94-136(130)100-45-13-4-14-46-100/h1-96H. The molecule has 0 N–H and O–H groups in total. The highest BCUT2D eigenvalue weighted by Gasteiger charge is 2.27. The lowest BCUT2D eigenvalue weighted by Gasteiger charge is -2.21. The first-order chi connectivity index (χ1) is 74.4. The van der Waals surface area contributed by atoms with Gasteiger partial charge < -0.3 is 0 Å². The first kappa shape index (κ1) is 91.3. The lowest BCUT2D eigenvalue weighted by Crippen LogP contribution is -1.96. The van der Waals surface area contributed by atoms with E-state index in [1.54, 1.807) is 0 Å². The molecule has 0 aliphatic rings. The molecule has 5 heterocycles.